The zero-order chi connectivity index (χ0) is 19.7. The lowest BCUT2D eigenvalue weighted by Gasteiger charge is -2.32. The second-order valence-corrected chi connectivity index (χ2v) is 7.53. The number of pyridine rings is 1. The Bertz CT molecular complexity index is 748. The number of halogens is 1. The molecule has 0 spiro atoms. The van der Waals surface area contributed by atoms with E-state index < -0.39 is 24.3 Å². The lowest BCUT2D eigenvalue weighted by molar-refractivity contribution is -0.118. The zero-order valence-electron chi connectivity index (χ0n) is 15.4. The summed E-state index contributed by atoms with van der Waals surface area (Å²) >= 11 is 5.98. The number of carbonyl (C=O) groups is 2. The summed E-state index contributed by atoms with van der Waals surface area (Å²) in [5.41, 5.74) is -0.0377. The third kappa shape index (κ3) is 4.44. The highest BCUT2D eigenvalue weighted by molar-refractivity contribution is 6.56. The number of carboxylic acid groups (broad SMARTS) is 1. The molecule has 26 heavy (non-hydrogen) atoms. The first-order chi connectivity index (χ1) is 11.9. The molecule has 2 N–H and O–H groups in total. The molecule has 0 unspecified atom stereocenters. The van der Waals surface area contributed by atoms with Crippen molar-refractivity contribution in [3.63, 3.8) is 0 Å². The lowest BCUT2D eigenvalue weighted by atomic mass is 9.77. The fourth-order valence-corrected chi connectivity index (χ4v) is 2.58. The van der Waals surface area contributed by atoms with Crippen LogP contribution in [0.2, 0.25) is 5.02 Å². The number of aromatic carboxylic acids is 1. The standard InChI is InChI=1S/C17H22BClN2O5/c1-10(22)20-9-12(18-25-16(2,3)17(4,5)26-18)6-11-7-13(19)14(15(23)24)21-8-11/h6-8H,9H2,1-5H3,(H,20,22)(H,23,24). The maximum atomic E-state index is 11.3. The summed E-state index contributed by atoms with van der Waals surface area (Å²) in [5, 5.41) is 11.8. The molecule has 0 atom stereocenters. The quantitative estimate of drug-likeness (QED) is 0.762. The van der Waals surface area contributed by atoms with Gasteiger partial charge in [0.1, 0.15) is 0 Å². The van der Waals surface area contributed by atoms with Gasteiger partial charge >= 0.3 is 13.1 Å². The molecule has 9 heteroatoms. The van der Waals surface area contributed by atoms with Gasteiger partial charge < -0.3 is 19.7 Å². The second kappa shape index (κ2) is 7.38. The van der Waals surface area contributed by atoms with Crippen LogP contribution in [0.5, 0.6) is 0 Å². The van der Waals surface area contributed by atoms with Gasteiger partial charge in [0.05, 0.1) is 16.2 Å². The Morgan fingerprint density at radius 3 is 2.35 bits per heavy atom. The SMILES string of the molecule is CC(=O)NCC(=Cc1cnc(C(=O)O)c(Cl)c1)B1OC(C)(C)C(C)(C)O1. The van der Waals surface area contributed by atoms with Gasteiger partial charge in [-0.25, -0.2) is 9.78 Å². The van der Waals surface area contributed by atoms with Crippen LogP contribution in [0.1, 0.15) is 50.7 Å². The van der Waals surface area contributed by atoms with Gasteiger partial charge in [-0.2, -0.15) is 0 Å². The van der Waals surface area contributed by atoms with E-state index in [-0.39, 0.29) is 23.2 Å². The first-order valence-corrected chi connectivity index (χ1v) is 8.50. The van der Waals surface area contributed by atoms with Gasteiger partial charge in [-0.3, -0.25) is 4.79 Å². The number of nitrogens with one attached hydrogen (secondary N) is 1. The fraction of sp³-hybridized carbons (Fsp3) is 0.471. The highest BCUT2D eigenvalue weighted by atomic mass is 35.5. The van der Waals surface area contributed by atoms with Crippen LogP contribution in [0.3, 0.4) is 0 Å². The zero-order valence-corrected chi connectivity index (χ0v) is 16.2. The number of carbonyl (C=O) groups excluding carboxylic acids is 1. The summed E-state index contributed by atoms with van der Waals surface area (Å²) in [4.78, 5) is 26.2. The van der Waals surface area contributed by atoms with Gasteiger partial charge in [-0.1, -0.05) is 17.7 Å². The lowest BCUT2D eigenvalue weighted by Crippen LogP contribution is -2.41. The van der Waals surface area contributed by atoms with E-state index in [9.17, 15) is 9.59 Å². The average molecular weight is 381 g/mol. The minimum atomic E-state index is -1.20. The number of rotatable bonds is 5. The molecule has 0 aliphatic carbocycles. The third-order valence-corrected chi connectivity index (χ3v) is 4.80. The maximum absolute atomic E-state index is 11.3. The van der Waals surface area contributed by atoms with Crippen molar-refractivity contribution in [3.8, 4) is 0 Å². The average Bonchev–Trinajstić information content (AvgIpc) is 2.71. The molecule has 0 bridgehead atoms. The van der Waals surface area contributed by atoms with Crippen molar-refractivity contribution in [1.82, 2.24) is 10.3 Å². The van der Waals surface area contributed by atoms with E-state index in [1.165, 1.54) is 19.2 Å². The van der Waals surface area contributed by atoms with Crippen LogP contribution in [-0.2, 0) is 14.1 Å². The molecule has 0 saturated carbocycles. The molecule has 7 nitrogen and oxygen atoms in total. The van der Waals surface area contributed by atoms with Crippen molar-refractivity contribution in [3.05, 3.63) is 34.0 Å². The molecule has 1 aromatic rings. The van der Waals surface area contributed by atoms with E-state index in [4.69, 9.17) is 26.0 Å². The molecule has 1 saturated heterocycles. The van der Waals surface area contributed by atoms with Gasteiger partial charge in [-0.15, -0.1) is 0 Å². The Labute approximate surface area is 157 Å². The highest BCUT2D eigenvalue weighted by Gasteiger charge is 2.52. The Morgan fingerprint density at radius 2 is 1.88 bits per heavy atom. The molecule has 1 fully saturated rings. The molecule has 0 aromatic carbocycles. The normalized spacial score (nSPS) is 18.7. The van der Waals surface area contributed by atoms with Crippen molar-refractivity contribution in [2.75, 3.05) is 6.54 Å². The van der Waals surface area contributed by atoms with Crippen molar-refractivity contribution in [2.24, 2.45) is 0 Å². The molecule has 2 rings (SSSR count). The van der Waals surface area contributed by atoms with Crippen LogP contribution in [0.25, 0.3) is 6.08 Å². The smallest absolute Gasteiger partial charge is 0.476 e. The van der Waals surface area contributed by atoms with Crippen molar-refractivity contribution in [2.45, 2.75) is 45.8 Å². The van der Waals surface area contributed by atoms with Crippen molar-refractivity contribution in [1.29, 1.82) is 0 Å². The number of carboxylic acids is 1. The summed E-state index contributed by atoms with van der Waals surface area (Å²) in [7, 11) is -0.662. The van der Waals surface area contributed by atoms with E-state index >= 15 is 0 Å². The second-order valence-electron chi connectivity index (χ2n) is 7.12. The number of hydrogen-bond acceptors (Lipinski definition) is 5. The number of hydrogen-bond donors (Lipinski definition) is 2. The minimum absolute atomic E-state index is 0.0269. The largest absolute Gasteiger partial charge is 0.492 e. The Hall–Kier alpha value is -1.90. The molecule has 1 aliphatic rings. The molecule has 140 valence electrons. The minimum Gasteiger partial charge on any atom is -0.476 e. The van der Waals surface area contributed by atoms with Crippen LogP contribution in [0.4, 0.5) is 0 Å². The third-order valence-electron chi connectivity index (χ3n) is 4.51. The molecule has 1 amide bonds. The predicted molar refractivity (Wildman–Crippen MR) is 98.9 cm³/mol. The molecular formula is C17H22BClN2O5. The molecule has 1 aliphatic heterocycles. The van der Waals surface area contributed by atoms with Crippen LogP contribution < -0.4 is 5.32 Å². The maximum Gasteiger partial charge on any atom is 0.492 e. The summed E-state index contributed by atoms with van der Waals surface area (Å²) < 4.78 is 12.1. The van der Waals surface area contributed by atoms with Crippen molar-refractivity contribution < 1.29 is 24.0 Å². The Kier molecular flexibility index (Phi) is 5.80. The Balaban J connectivity index is 2.36. The van der Waals surface area contributed by atoms with E-state index in [1.807, 2.05) is 27.7 Å². The fourth-order valence-electron chi connectivity index (χ4n) is 2.33. The monoisotopic (exact) mass is 380 g/mol. The Morgan fingerprint density at radius 1 is 1.31 bits per heavy atom. The van der Waals surface area contributed by atoms with E-state index in [1.54, 1.807) is 6.08 Å². The van der Waals surface area contributed by atoms with E-state index in [2.05, 4.69) is 10.3 Å². The van der Waals surface area contributed by atoms with Crippen molar-refractivity contribution >= 4 is 36.7 Å². The highest BCUT2D eigenvalue weighted by Crippen LogP contribution is 2.38. The summed E-state index contributed by atoms with van der Waals surface area (Å²) in [6.45, 7) is 9.37. The summed E-state index contributed by atoms with van der Waals surface area (Å²) in [5.74, 6) is -1.39. The van der Waals surface area contributed by atoms with Gasteiger partial charge in [0.2, 0.25) is 5.91 Å². The molecule has 1 aromatic heterocycles. The molecule has 2 heterocycles. The summed E-state index contributed by atoms with van der Waals surface area (Å²) in [6, 6.07) is 1.50. The van der Waals surface area contributed by atoms with Gasteiger partial charge in [0, 0.05) is 19.7 Å². The first-order valence-electron chi connectivity index (χ1n) is 8.12. The number of nitrogens with zero attached hydrogens (tertiary/aromatic N) is 1. The molecular weight excluding hydrogens is 358 g/mol. The van der Waals surface area contributed by atoms with E-state index in [0.717, 1.165) is 0 Å². The van der Waals surface area contributed by atoms with Gasteiger partial charge in [-0.05, 0) is 44.8 Å². The predicted octanol–water partition coefficient (Wildman–Crippen LogP) is 2.58. The number of aromatic nitrogens is 1. The topological polar surface area (TPSA) is 97.8 Å². The summed E-state index contributed by atoms with van der Waals surface area (Å²) in [6.07, 6.45) is 3.12. The van der Waals surface area contributed by atoms with Crippen LogP contribution in [-0.4, -0.2) is 46.8 Å². The van der Waals surface area contributed by atoms with Gasteiger partial charge in [0.25, 0.3) is 0 Å². The molecule has 0 radical (unpaired) electrons. The number of amides is 1. The van der Waals surface area contributed by atoms with Crippen LogP contribution in [0.15, 0.2) is 17.7 Å². The van der Waals surface area contributed by atoms with E-state index in [0.29, 0.717) is 11.0 Å². The first kappa shape index (κ1) is 20.4. The van der Waals surface area contributed by atoms with Crippen LogP contribution in [0, 0.1) is 0 Å². The van der Waals surface area contributed by atoms with Crippen LogP contribution >= 0.6 is 11.6 Å². The van der Waals surface area contributed by atoms with Gasteiger partial charge in [0.15, 0.2) is 5.69 Å².